The van der Waals surface area contributed by atoms with E-state index in [4.69, 9.17) is 4.74 Å². The van der Waals surface area contributed by atoms with Crippen LogP contribution in [-0.2, 0) is 4.74 Å². The van der Waals surface area contributed by atoms with E-state index in [1.165, 1.54) is 37.1 Å². The van der Waals surface area contributed by atoms with Crippen LogP contribution in [0.25, 0.3) is 0 Å². The molecule has 0 radical (unpaired) electrons. The molecule has 88 valence electrons. The smallest absolute Gasteiger partial charge is 0.174 e. The third kappa shape index (κ3) is 2.76. The zero-order valence-corrected chi connectivity index (χ0v) is 10.9. The van der Waals surface area contributed by atoms with E-state index < -0.39 is 0 Å². The van der Waals surface area contributed by atoms with Crippen LogP contribution in [0.1, 0.15) is 43.0 Å². The topological polar surface area (TPSA) is 35.0 Å². The Labute approximate surface area is 104 Å². The van der Waals surface area contributed by atoms with Crippen LogP contribution >= 0.6 is 23.1 Å². The maximum Gasteiger partial charge on any atom is 0.174 e. The van der Waals surface area contributed by atoms with Gasteiger partial charge in [-0.1, -0.05) is 23.1 Å². The molecule has 1 aliphatic carbocycles. The maximum absolute atomic E-state index is 5.70. The summed E-state index contributed by atoms with van der Waals surface area (Å²) in [5.41, 5.74) is 0. The Morgan fingerprint density at radius 1 is 1.25 bits per heavy atom. The molecule has 1 aliphatic heterocycles. The lowest BCUT2D eigenvalue weighted by Crippen LogP contribution is -2.21. The molecule has 1 unspecified atom stereocenters. The fourth-order valence-electron chi connectivity index (χ4n) is 1.88. The van der Waals surface area contributed by atoms with Crippen molar-refractivity contribution in [2.24, 2.45) is 0 Å². The van der Waals surface area contributed by atoms with Crippen LogP contribution in [0, 0.1) is 0 Å². The van der Waals surface area contributed by atoms with Gasteiger partial charge in [0.15, 0.2) is 4.34 Å². The van der Waals surface area contributed by atoms with Crippen molar-refractivity contribution in [1.82, 2.24) is 10.2 Å². The highest BCUT2D eigenvalue weighted by Gasteiger charge is 2.27. The molecule has 0 spiro atoms. The summed E-state index contributed by atoms with van der Waals surface area (Å²) in [5, 5.41) is 9.73. The highest BCUT2D eigenvalue weighted by Crippen LogP contribution is 2.42. The number of aromatic nitrogens is 2. The molecular formula is C11H16N2OS2. The number of ether oxygens (including phenoxy) is 1. The molecule has 1 aromatic rings. The van der Waals surface area contributed by atoms with E-state index in [0.29, 0.717) is 6.10 Å². The predicted octanol–water partition coefficient (Wildman–Crippen LogP) is 3.08. The van der Waals surface area contributed by atoms with Gasteiger partial charge in [0.1, 0.15) is 5.01 Å². The zero-order chi connectivity index (χ0) is 10.8. The Morgan fingerprint density at radius 2 is 2.19 bits per heavy atom. The van der Waals surface area contributed by atoms with Crippen LogP contribution in [0.3, 0.4) is 0 Å². The number of thioether (sulfide) groups is 1. The maximum atomic E-state index is 5.70. The van der Waals surface area contributed by atoms with E-state index in [9.17, 15) is 0 Å². The van der Waals surface area contributed by atoms with Gasteiger partial charge in [0, 0.05) is 18.3 Å². The highest BCUT2D eigenvalue weighted by atomic mass is 32.2. The first-order chi connectivity index (χ1) is 7.92. The average molecular weight is 256 g/mol. The molecule has 2 heterocycles. The number of hydrogen-bond acceptors (Lipinski definition) is 5. The molecule has 0 N–H and O–H groups in total. The molecule has 1 atom stereocenters. The molecule has 0 amide bonds. The highest BCUT2D eigenvalue weighted by molar-refractivity contribution is 8.01. The van der Waals surface area contributed by atoms with E-state index in [1.807, 2.05) is 11.8 Å². The molecule has 3 rings (SSSR count). The number of nitrogens with zero attached hydrogens (tertiary/aromatic N) is 2. The predicted molar refractivity (Wildman–Crippen MR) is 66.2 cm³/mol. The fraction of sp³-hybridized carbons (Fsp3) is 0.818. The quantitative estimate of drug-likeness (QED) is 0.776. The van der Waals surface area contributed by atoms with Crippen molar-refractivity contribution in [2.75, 3.05) is 12.4 Å². The van der Waals surface area contributed by atoms with Crippen molar-refractivity contribution in [1.29, 1.82) is 0 Å². The van der Waals surface area contributed by atoms with Gasteiger partial charge in [0.2, 0.25) is 0 Å². The molecule has 2 fully saturated rings. The third-order valence-electron chi connectivity index (χ3n) is 3.02. The van der Waals surface area contributed by atoms with E-state index >= 15 is 0 Å². The molecular weight excluding hydrogens is 240 g/mol. The van der Waals surface area contributed by atoms with Gasteiger partial charge < -0.3 is 4.74 Å². The monoisotopic (exact) mass is 256 g/mol. The second kappa shape index (κ2) is 5.02. The van der Waals surface area contributed by atoms with Crippen LogP contribution in [-0.4, -0.2) is 28.7 Å². The second-order valence-electron chi connectivity index (χ2n) is 4.48. The molecule has 0 aromatic carbocycles. The molecule has 5 heteroatoms. The lowest BCUT2D eigenvalue weighted by atomic mass is 10.1. The number of hydrogen-bond donors (Lipinski definition) is 0. The summed E-state index contributed by atoms with van der Waals surface area (Å²) in [6, 6.07) is 0. The summed E-state index contributed by atoms with van der Waals surface area (Å²) in [6.45, 7) is 0.939. The van der Waals surface area contributed by atoms with Crippen molar-refractivity contribution in [3.63, 3.8) is 0 Å². The Hall–Kier alpha value is -0.130. The molecule has 3 nitrogen and oxygen atoms in total. The van der Waals surface area contributed by atoms with Crippen molar-refractivity contribution >= 4 is 23.1 Å². The second-order valence-corrected chi connectivity index (χ2v) is 6.76. The van der Waals surface area contributed by atoms with Crippen LogP contribution in [0.4, 0.5) is 0 Å². The summed E-state index contributed by atoms with van der Waals surface area (Å²) in [6.07, 6.45) is 6.81. The van der Waals surface area contributed by atoms with Crippen molar-refractivity contribution < 1.29 is 4.74 Å². The average Bonchev–Trinajstić information content (AvgIpc) is 3.08. The largest absolute Gasteiger partial charge is 0.377 e. The molecule has 2 aliphatic rings. The van der Waals surface area contributed by atoms with Gasteiger partial charge in [0.25, 0.3) is 0 Å². The standard InChI is InChI=1S/C11H16N2OS2/c1-2-6-14-9(3-1)7-15-11-13-12-10(16-11)8-4-5-8/h8-9H,1-7H2. The van der Waals surface area contributed by atoms with Gasteiger partial charge in [-0.3, -0.25) is 0 Å². The Balaban J connectivity index is 1.49. The van der Waals surface area contributed by atoms with Crippen molar-refractivity contribution in [2.45, 2.75) is 48.5 Å². The Kier molecular flexibility index (Phi) is 3.45. The molecule has 16 heavy (non-hydrogen) atoms. The molecule has 1 saturated carbocycles. The van der Waals surface area contributed by atoms with E-state index in [0.717, 1.165) is 22.6 Å². The van der Waals surface area contributed by atoms with Gasteiger partial charge >= 0.3 is 0 Å². The number of rotatable bonds is 4. The first-order valence-electron chi connectivity index (χ1n) is 5.99. The fourth-order valence-corrected chi connectivity index (χ4v) is 4.01. The van der Waals surface area contributed by atoms with Crippen LogP contribution < -0.4 is 0 Å². The third-order valence-corrected chi connectivity index (χ3v) is 5.37. The minimum atomic E-state index is 0.437. The summed E-state index contributed by atoms with van der Waals surface area (Å²) in [7, 11) is 0. The first-order valence-corrected chi connectivity index (χ1v) is 7.80. The Morgan fingerprint density at radius 3 is 2.94 bits per heavy atom. The molecule has 0 bridgehead atoms. The summed E-state index contributed by atoms with van der Waals surface area (Å²) >= 11 is 3.59. The van der Waals surface area contributed by atoms with Crippen molar-refractivity contribution in [3.8, 4) is 0 Å². The van der Waals surface area contributed by atoms with Crippen LogP contribution in [0.5, 0.6) is 0 Å². The van der Waals surface area contributed by atoms with Gasteiger partial charge in [-0.2, -0.15) is 0 Å². The first kappa shape index (κ1) is 11.0. The SMILES string of the molecule is C1CCC(CSc2nnc(C3CC3)s2)OC1. The van der Waals surface area contributed by atoms with Gasteiger partial charge in [-0.25, -0.2) is 0 Å². The summed E-state index contributed by atoms with van der Waals surface area (Å²) < 4.78 is 6.82. The molecule has 1 saturated heterocycles. The van der Waals surface area contributed by atoms with Crippen LogP contribution in [0.2, 0.25) is 0 Å². The van der Waals surface area contributed by atoms with E-state index in [1.54, 1.807) is 11.3 Å². The van der Waals surface area contributed by atoms with Crippen LogP contribution in [0.15, 0.2) is 4.34 Å². The van der Waals surface area contributed by atoms with E-state index in [-0.39, 0.29) is 0 Å². The van der Waals surface area contributed by atoms with Crippen molar-refractivity contribution in [3.05, 3.63) is 5.01 Å². The van der Waals surface area contributed by atoms with Gasteiger partial charge in [0.05, 0.1) is 6.10 Å². The van der Waals surface area contributed by atoms with Gasteiger partial charge in [-0.05, 0) is 32.1 Å². The minimum absolute atomic E-state index is 0.437. The van der Waals surface area contributed by atoms with E-state index in [2.05, 4.69) is 10.2 Å². The lowest BCUT2D eigenvalue weighted by Gasteiger charge is -2.21. The molecule has 1 aromatic heterocycles. The minimum Gasteiger partial charge on any atom is -0.377 e. The Bertz CT molecular complexity index is 346. The summed E-state index contributed by atoms with van der Waals surface area (Å²) in [5.74, 6) is 1.78. The summed E-state index contributed by atoms with van der Waals surface area (Å²) in [4.78, 5) is 0. The normalized spacial score (nSPS) is 25.9. The zero-order valence-electron chi connectivity index (χ0n) is 9.22. The lowest BCUT2D eigenvalue weighted by molar-refractivity contribution is 0.0315. The van der Waals surface area contributed by atoms with Gasteiger partial charge in [-0.15, -0.1) is 10.2 Å².